The monoisotopic (exact) mass is 503 g/mol. The van der Waals surface area contributed by atoms with E-state index < -0.39 is 10.0 Å². The first-order chi connectivity index (χ1) is 16.1. The number of carbonyl (C=O) groups is 2. The Morgan fingerprint density at radius 3 is 2.26 bits per heavy atom. The van der Waals surface area contributed by atoms with Crippen LogP contribution in [0.25, 0.3) is 10.7 Å². The smallest absolute Gasteiger partial charge is 0.244 e. The molecule has 180 valence electrons. The van der Waals surface area contributed by atoms with Crippen molar-refractivity contribution in [2.24, 2.45) is 5.92 Å². The highest BCUT2D eigenvalue weighted by Crippen LogP contribution is 2.35. The second kappa shape index (κ2) is 9.65. The van der Waals surface area contributed by atoms with Gasteiger partial charge in [0.2, 0.25) is 33.6 Å². The molecule has 0 unspecified atom stereocenters. The molecule has 1 saturated heterocycles. The third-order valence-corrected chi connectivity index (χ3v) is 8.74. The maximum atomic E-state index is 13.3. The van der Waals surface area contributed by atoms with E-state index in [-0.39, 0.29) is 35.7 Å². The van der Waals surface area contributed by atoms with Crippen LogP contribution in [0, 0.1) is 19.8 Å². The largest absolute Gasteiger partial charge is 0.339 e. The minimum Gasteiger partial charge on any atom is -0.339 e. The van der Waals surface area contributed by atoms with Crippen LogP contribution >= 0.6 is 11.3 Å². The highest BCUT2D eigenvalue weighted by Gasteiger charge is 2.34. The van der Waals surface area contributed by atoms with Gasteiger partial charge in [-0.05, 0) is 50.1 Å². The van der Waals surface area contributed by atoms with Gasteiger partial charge in [-0.3, -0.25) is 9.59 Å². The number of benzene rings is 1. The summed E-state index contributed by atoms with van der Waals surface area (Å²) in [7, 11) is -3.70. The van der Waals surface area contributed by atoms with Gasteiger partial charge < -0.3 is 15.2 Å². The van der Waals surface area contributed by atoms with Gasteiger partial charge in [-0.25, -0.2) is 8.42 Å². The number of aromatic nitrogens is 2. The number of nitrogens with one attached hydrogen (secondary N) is 2. The third kappa shape index (κ3) is 5.18. The molecular weight excluding hydrogens is 478 g/mol. The Kier molecular flexibility index (Phi) is 6.82. The lowest BCUT2D eigenvalue weighted by molar-refractivity contribution is -0.121. The first-order valence-corrected chi connectivity index (χ1v) is 13.0. The van der Waals surface area contributed by atoms with Gasteiger partial charge in [-0.15, -0.1) is 11.3 Å². The van der Waals surface area contributed by atoms with Crippen LogP contribution in [0.15, 0.2) is 39.8 Å². The molecule has 2 N–H and O–H groups in total. The van der Waals surface area contributed by atoms with E-state index in [4.69, 9.17) is 4.52 Å². The van der Waals surface area contributed by atoms with Crippen molar-refractivity contribution in [3.63, 3.8) is 0 Å². The molecule has 0 radical (unpaired) electrons. The number of piperidine rings is 1. The van der Waals surface area contributed by atoms with Crippen LogP contribution in [0.1, 0.15) is 30.5 Å². The molecule has 3 heterocycles. The molecule has 0 atom stereocenters. The van der Waals surface area contributed by atoms with Gasteiger partial charge in [0, 0.05) is 49.1 Å². The Morgan fingerprint density at radius 1 is 1.09 bits per heavy atom. The second-order valence-electron chi connectivity index (χ2n) is 8.09. The summed E-state index contributed by atoms with van der Waals surface area (Å²) in [5.41, 5.74) is 1.26. The molecule has 34 heavy (non-hydrogen) atoms. The van der Waals surface area contributed by atoms with Gasteiger partial charge in [-0.1, -0.05) is 5.16 Å². The molecule has 0 aliphatic carbocycles. The zero-order valence-corrected chi connectivity index (χ0v) is 20.6. The van der Waals surface area contributed by atoms with Gasteiger partial charge in [-0.2, -0.15) is 9.29 Å². The zero-order valence-electron chi connectivity index (χ0n) is 19.0. The molecule has 1 aliphatic rings. The van der Waals surface area contributed by atoms with Crippen LogP contribution in [0.3, 0.4) is 0 Å². The Hall–Kier alpha value is -3.09. The Labute approximate surface area is 201 Å². The maximum absolute atomic E-state index is 13.3. The van der Waals surface area contributed by atoms with Crippen molar-refractivity contribution in [3.8, 4) is 10.7 Å². The minimum absolute atomic E-state index is 0.147. The summed E-state index contributed by atoms with van der Waals surface area (Å²) >= 11 is 1.30. The van der Waals surface area contributed by atoms with Crippen molar-refractivity contribution in [2.75, 3.05) is 23.7 Å². The molecule has 2 amide bonds. The average molecular weight is 504 g/mol. The van der Waals surface area contributed by atoms with Crippen molar-refractivity contribution in [1.82, 2.24) is 14.4 Å². The number of carbonyl (C=O) groups excluding carboxylic acids is 2. The molecule has 0 bridgehead atoms. The normalized spacial score (nSPS) is 15.3. The third-order valence-electron chi connectivity index (χ3n) is 5.54. The number of rotatable bonds is 6. The van der Waals surface area contributed by atoms with Gasteiger partial charge in [0.05, 0.1) is 9.77 Å². The van der Waals surface area contributed by atoms with Crippen LogP contribution in [-0.4, -0.2) is 47.8 Å². The average Bonchev–Trinajstić information content (AvgIpc) is 3.40. The fourth-order valence-electron chi connectivity index (χ4n) is 3.81. The lowest BCUT2D eigenvalue weighted by Crippen LogP contribution is -2.41. The summed E-state index contributed by atoms with van der Waals surface area (Å²) in [5.74, 6) is 0.174. The number of thiophene rings is 1. The lowest BCUT2D eigenvalue weighted by Gasteiger charge is -2.30. The Balaban J connectivity index is 1.38. The van der Waals surface area contributed by atoms with Crippen molar-refractivity contribution >= 4 is 44.5 Å². The standard InChI is InChI=1S/C22H25N5O5S2/c1-13-20(12-19(33-13)21-24-15(3)32-26-21)34(30,31)27-10-8-16(9-11-27)22(29)25-18-6-4-17(5-7-18)23-14(2)28/h4-7,12,16H,8-11H2,1-3H3,(H,23,28)(H,25,29). The van der Waals surface area contributed by atoms with Crippen LogP contribution in [0.4, 0.5) is 11.4 Å². The van der Waals surface area contributed by atoms with E-state index in [1.807, 2.05) is 0 Å². The molecule has 0 spiro atoms. The van der Waals surface area contributed by atoms with E-state index in [9.17, 15) is 18.0 Å². The molecule has 0 saturated carbocycles. The molecule has 3 aromatic rings. The second-order valence-corrected chi connectivity index (χ2v) is 11.3. The number of amides is 2. The van der Waals surface area contributed by atoms with Gasteiger partial charge in [0.25, 0.3) is 0 Å². The SMILES string of the molecule is CC(=O)Nc1ccc(NC(=O)C2CCN(S(=O)(=O)c3cc(-c4noc(C)n4)sc3C)CC2)cc1. The first-order valence-electron chi connectivity index (χ1n) is 10.7. The maximum Gasteiger partial charge on any atom is 0.244 e. The molecule has 1 aliphatic heterocycles. The van der Waals surface area contributed by atoms with Crippen molar-refractivity contribution < 1.29 is 22.5 Å². The number of sulfonamides is 1. The summed E-state index contributed by atoms with van der Waals surface area (Å²) in [6.07, 6.45) is 0.851. The number of nitrogens with zero attached hydrogens (tertiary/aromatic N) is 3. The van der Waals surface area contributed by atoms with E-state index in [1.54, 1.807) is 44.2 Å². The van der Waals surface area contributed by atoms with Crippen LogP contribution in [0.2, 0.25) is 0 Å². The molecule has 2 aromatic heterocycles. The van der Waals surface area contributed by atoms with E-state index in [0.717, 1.165) is 0 Å². The van der Waals surface area contributed by atoms with Gasteiger partial charge in [0.1, 0.15) is 0 Å². The van der Waals surface area contributed by atoms with Crippen LogP contribution < -0.4 is 10.6 Å². The summed E-state index contributed by atoms with van der Waals surface area (Å²) in [6.45, 7) is 5.37. The Bertz CT molecular complexity index is 1310. The van der Waals surface area contributed by atoms with Crippen molar-refractivity contribution in [1.29, 1.82) is 0 Å². The molecule has 1 fully saturated rings. The number of anilines is 2. The summed E-state index contributed by atoms with van der Waals surface area (Å²) in [6, 6.07) is 8.43. The highest BCUT2D eigenvalue weighted by molar-refractivity contribution is 7.89. The van der Waals surface area contributed by atoms with Crippen molar-refractivity contribution in [3.05, 3.63) is 41.1 Å². The van der Waals surface area contributed by atoms with Gasteiger partial charge in [0.15, 0.2) is 0 Å². The minimum atomic E-state index is -3.70. The summed E-state index contributed by atoms with van der Waals surface area (Å²) in [4.78, 5) is 29.5. The quantitative estimate of drug-likeness (QED) is 0.526. The van der Waals surface area contributed by atoms with Gasteiger partial charge >= 0.3 is 0 Å². The highest BCUT2D eigenvalue weighted by atomic mass is 32.2. The zero-order chi connectivity index (χ0) is 24.5. The molecule has 12 heteroatoms. The van der Waals surface area contributed by atoms with E-state index >= 15 is 0 Å². The van der Waals surface area contributed by atoms with Crippen LogP contribution in [0.5, 0.6) is 0 Å². The first kappa shape index (κ1) is 24.0. The molecular formula is C22H25N5O5S2. The topological polar surface area (TPSA) is 134 Å². The van der Waals surface area contributed by atoms with E-state index in [1.165, 1.54) is 22.6 Å². The molecule has 1 aromatic carbocycles. The number of hydrogen-bond acceptors (Lipinski definition) is 8. The van der Waals surface area contributed by atoms with E-state index in [2.05, 4.69) is 20.8 Å². The number of aryl methyl sites for hydroxylation is 2. The summed E-state index contributed by atoms with van der Waals surface area (Å²) in [5, 5.41) is 9.41. The number of hydrogen-bond donors (Lipinski definition) is 2. The molecule has 10 nitrogen and oxygen atoms in total. The fourth-order valence-corrected chi connectivity index (χ4v) is 6.77. The lowest BCUT2D eigenvalue weighted by atomic mass is 9.97. The molecule has 4 rings (SSSR count). The Morgan fingerprint density at radius 2 is 1.71 bits per heavy atom. The fraction of sp³-hybridized carbons (Fsp3) is 0.364. The van der Waals surface area contributed by atoms with Crippen LogP contribution in [-0.2, 0) is 19.6 Å². The summed E-state index contributed by atoms with van der Waals surface area (Å²) < 4.78 is 33.0. The van der Waals surface area contributed by atoms with Crippen molar-refractivity contribution in [2.45, 2.75) is 38.5 Å². The van der Waals surface area contributed by atoms with E-state index in [0.29, 0.717) is 45.7 Å². The predicted molar refractivity (Wildman–Crippen MR) is 128 cm³/mol. The predicted octanol–water partition coefficient (Wildman–Crippen LogP) is 3.41.